The average molecular weight is 270 g/mol. The third-order valence-corrected chi connectivity index (χ3v) is 4.82. The van der Waals surface area contributed by atoms with Crippen LogP contribution < -0.4 is 5.56 Å². The molecule has 18 heavy (non-hydrogen) atoms. The zero-order chi connectivity index (χ0) is 13.3. The van der Waals surface area contributed by atoms with Crippen LogP contribution in [0, 0.1) is 5.92 Å². The van der Waals surface area contributed by atoms with E-state index in [9.17, 15) is 13.2 Å². The lowest BCUT2D eigenvalue weighted by Gasteiger charge is -2.09. The molecule has 0 spiro atoms. The van der Waals surface area contributed by atoms with E-state index in [1.54, 1.807) is 0 Å². The van der Waals surface area contributed by atoms with Gasteiger partial charge in [0.1, 0.15) is 5.82 Å². The van der Waals surface area contributed by atoms with Crippen LogP contribution in [0.25, 0.3) is 0 Å². The number of H-pyrrole nitrogens is 1. The number of hydrogen-bond donors (Lipinski definition) is 1. The van der Waals surface area contributed by atoms with Gasteiger partial charge in [0.15, 0.2) is 9.84 Å². The molecule has 0 bridgehead atoms. The first-order valence-corrected chi connectivity index (χ1v) is 7.98. The van der Waals surface area contributed by atoms with Crippen molar-refractivity contribution in [3.63, 3.8) is 0 Å². The molecule has 0 saturated carbocycles. The van der Waals surface area contributed by atoms with Crippen molar-refractivity contribution in [2.45, 2.75) is 32.6 Å². The monoisotopic (exact) mass is 270 g/mol. The first-order chi connectivity index (χ1) is 8.35. The van der Waals surface area contributed by atoms with Crippen LogP contribution in [0.3, 0.4) is 0 Å². The number of nitrogens with one attached hydrogen (secondary N) is 1. The molecule has 0 aromatic carbocycles. The summed E-state index contributed by atoms with van der Waals surface area (Å²) in [6, 6.07) is 1.49. The standard InChI is InChI=1S/C12H18N2O3S/c1-8(2)5-10-6-11(15)14-12(13-10)9-3-4-18(16,17)7-9/h6,8-9H,3-5,7H2,1-2H3,(H,13,14,15). The lowest BCUT2D eigenvalue weighted by atomic mass is 10.1. The Morgan fingerprint density at radius 2 is 2.22 bits per heavy atom. The van der Waals surface area contributed by atoms with Crippen LogP contribution in [0.1, 0.15) is 37.7 Å². The molecule has 1 saturated heterocycles. The smallest absolute Gasteiger partial charge is 0.251 e. The predicted octanol–water partition coefficient (Wildman–Crippen LogP) is 0.871. The van der Waals surface area contributed by atoms with Crippen molar-refractivity contribution in [1.82, 2.24) is 9.97 Å². The van der Waals surface area contributed by atoms with E-state index in [2.05, 4.69) is 23.8 Å². The molecule has 0 aliphatic carbocycles. The second-order valence-corrected chi connectivity index (χ2v) is 7.55. The van der Waals surface area contributed by atoms with Gasteiger partial charge in [0.2, 0.25) is 0 Å². The summed E-state index contributed by atoms with van der Waals surface area (Å²) >= 11 is 0. The Morgan fingerprint density at radius 1 is 1.50 bits per heavy atom. The van der Waals surface area contributed by atoms with Crippen LogP contribution >= 0.6 is 0 Å². The van der Waals surface area contributed by atoms with E-state index < -0.39 is 9.84 Å². The molecular formula is C12H18N2O3S. The lowest BCUT2D eigenvalue weighted by Crippen LogP contribution is -2.17. The van der Waals surface area contributed by atoms with Gasteiger partial charge >= 0.3 is 0 Å². The third kappa shape index (κ3) is 3.19. The minimum atomic E-state index is -2.95. The van der Waals surface area contributed by atoms with Gasteiger partial charge in [-0.15, -0.1) is 0 Å². The summed E-state index contributed by atoms with van der Waals surface area (Å²) in [6.07, 6.45) is 1.28. The van der Waals surface area contributed by atoms with Crippen molar-refractivity contribution >= 4 is 9.84 Å². The highest BCUT2D eigenvalue weighted by Crippen LogP contribution is 2.25. The second kappa shape index (κ2) is 4.84. The van der Waals surface area contributed by atoms with Gasteiger partial charge in [-0.25, -0.2) is 13.4 Å². The minimum absolute atomic E-state index is 0.0983. The van der Waals surface area contributed by atoms with Gasteiger partial charge in [0.25, 0.3) is 5.56 Å². The van der Waals surface area contributed by atoms with Crippen LogP contribution in [0.2, 0.25) is 0 Å². The molecule has 100 valence electrons. The van der Waals surface area contributed by atoms with E-state index in [1.165, 1.54) is 6.07 Å². The molecule has 6 heteroatoms. The van der Waals surface area contributed by atoms with Gasteiger partial charge < -0.3 is 4.98 Å². The van der Waals surface area contributed by atoms with Gasteiger partial charge in [-0.2, -0.15) is 0 Å². The summed E-state index contributed by atoms with van der Waals surface area (Å²) < 4.78 is 22.9. The predicted molar refractivity (Wildman–Crippen MR) is 69.4 cm³/mol. The Bertz CT molecular complexity index is 590. The summed E-state index contributed by atoms with van der Waals surface area (Å²) in [7, 11) is -2.95. The van der Waals surface area contributed by atoms with Crippen molar-refractivity contribution in [1.29, 1.82) is 0 Å². The molecule has 2 rings (SSSR count). The number of sulfone groups is 1. The van der Waals surface area contributed by atoms with Crippen molar-refractivity contribution in [2.24, 2.45) is 5.92 Å². The summed E-state index contributed by atoms with van der Waals surface area (Å²) in [5.41, 5.74) is 0.549. The normalized spacial score (nSPS) is 22.5. The number of hydrogen-bond acceptors (Lipinski definition) is 4. The molecule has 0 radical (unpaired) electrons. The molecule has 1 fully saturated rings. The van der Waals surface area contributed by atoms with Gasteiger partial charge in [-0.1, -0.05) is 13.8 Å². The maximum Gasteiger partial charge on any atom is 0.251 e. The van der Waals surface area contributed by atoms with Gasteiger partial charge in [-0.05, 0) is 18.8 Å². The zero-order valence-corrected chi connectivity index (χ0v) is 11.5. The van der Waals surface area contributed by atoms with Gasteiger partial charge in [0.05, 0.1) is 11.5 Å². The summed E-state index contributed by atoms with van der Waals surface area (Å²) in [5, 5.41) is 0. The highest BCUT2D eigenvalue weighted by Gasteiger charge is 2.30. The Hall–Kier alpha value is -1.17. The molecular weight excluding hydrogens is 252 g/mol. The quantitative estimate of drug-likeness (QED) is 0.883. The van der Waals surface area contributed by atoms with E-state index in [0.717, 1.165) is 12.1 Å². The second-order valence-electron chi connectivity index (χ2n) is 5.32. The Kier molecular flexibility index (Phi) is 3.56. The molecule has 1 aromatic heterocycles. The molecule has 1 aliphatic heterocycles. The largest absolute Gasteiger partial charge is 0.310 e. The summed E-state index contributed by atoms with van der Waals surface area (Å²) in [6.45, 7) is 4.12. The molecule has 0 amide bonds. The summed E-state index contributed by atoms with van der Waals surface area (Å²) in [4.78, 5) is 18.6. The van der Waals surface area contributed by atoms with E-state index in [1.807, 2.05) is 0 Å². The van der Waals surface area contributed by atoms with Crippen molar-refractivity contribution < 1.29 is 8.42 Å². The third-order valence-electron chi connectivity index (χ3n) is 3.05. The molecule has 1 unspecified atom stereocenters. The van der Waals surface area contributed by atoms with E-state index >= 15 is 0 Å². The van der Waals surface area contributed by atoms with Crippen LogP contribution in [0.15, 0.2) is 10.9 Å². The van der Waals surface area contributed by atoms with E-state index in [4.69, 9.17) is 0 Å². The van der Waals surface area contributed by atoms with E-state index in [-0.39, 0.29) is 23.0 Å². The average Bonchev–Trinajstić information content (AvgIpc) is 2.57. The van der Waals surface area contributed by atoms with Crippen LogP contribution in [-0.4, -0.2) is 29.9 Å². The fraction of sp³-hybridized carbons (Fsp3) is 0.667. The molecule has 1 aliphatic rings. The molecule has 2 heterocycles. The number of rotatable bonds is 3. The molecule has 1 N–H and O–H groups in total. The summed E-state index contributed by atoms with van der Waals surface area (Å²) in [5.74, 6) is 1.07. The Balaban J connectivity index is 2.29. The van der Waals surface area contributed by atoms with Crippen molar-refractivity contribution in [3.05, 3.63) is 27.9 Å². The first kappa shape index (κ1) is 13.3. The van der Waals surface area contributed by atoms with Crippen LogP contribution in [0.4, 0.5) is 0 Å². The van der Waals surface area contributed by atoms with E-state index in [0.29, 0.717) is 18.2 Å². The molecule has 1 atom stereocenters. The Labute approximate surface area is 107 Å². The lowest BCUT2D eigenvalue weighted by molar-refractivity contribution is 0.599. The first-order valence-electron chi connectivity index (χ1n) is 6.16. The fourth-order valence-corrected chi connectivity index (χ4v) is 4.00. The maximum atomic E-state index is 11.6. The van der Waals surface area contributed by atoms with Crippen LogP contribution in [0.5, 0.6) is 0 Å². The zero-order valence-electron chi connectivity index (χ0n) is 10.6. The number of aromatic nitrogens is 2. The highest BCUT2D eigenvalue weighted by atomic mass is 32.2. The molecule has 1 aromatic rings. The van der Waals surface area contributed by atoms with Gasteiger partial charge in [0, 0.05) is 17.7 Å². The maximum absolute atomic E-state index is 11.6. The fourth-order valence-electron chi connectivity index (χ4n) is 2.26. The minimum Gasteiger partial charge on any atom is -0.310 e. The van der Waals surface area contributed by atoms with Crippen molar-refractivity contribution in [2.75, 3.05) is 11.5 Å². The topological polar surface area (TPSA) is 79.9 Å². The Morgan fingerprint density at radius 3 is 2.78 bits per heavy atom. The van der Waals surface area contributed by atoms with Crippen LogP contribution in [-0.2, 0) is 16.3 Å². The number of aromatic amines is 1. The van der Waals surface area contributed by atoms with Crippen molar-refractivity contribution in [3.8, 4) is 0 Å². The highest BCUT2D eigenvalue weighted by molar-refractivity contribution is 7.91. The SMILES string of the molecule is CC(C)Cc1cc(=O)[nH]c(C2CCS(=O)(=O)C2)n1. The number of nitrogens with zero attached hydrogens (tertiary/aromatic N) is 1. The van der Waals surface area contributed by atoms with Gasteiger partial charge in [-0.3, -0.25) is 4.79 Å². The molecule has 5 nitrogen and oxygen atoms in total.